The fourth-order valence-corrected chi connectivity index (χ4v) is 3.42. The van der Waals surface area contributed by atoms with Gasteiger partial charge in [0.15, 0.2) is 5.79 Å². The Kier molecular flexibility index (Phi) is 4.05. The zero-order chi connectivity index (χ0) is 17.9. The Morgan fingerprint density at radius 2 is 1.88 bits per heavy atom. The lowest BCUT2D eigenvalue weighted by Crippen LogP contribution is -2.55. The highest BCUT2D eigenvalue weighted by atomic mass is 16.8. The predicted octanol–water partition coefficient (Wildman–Crippen LogP) is 1.33. The van der Waals surface area contributed by atoms with E-state index >= 15 is 0 Å². The molecule has 1 N–H and O–H groups in total. The van der Waals surface area contributed by atoms with E-state index in [-0.39, 0.29) is 30.3 Å². The first-order chi connectivity index (χ1) is 11.0. The summed E-state index contributed by atoms with van der Waals surface area (Å²) in [7, 11) is 0. The number of hydroxylamine groups is 2. The molecule has 136 valence electrons. The number of amides is 2. The summed E-state index contributed by atoms with van der Waals surface area (Å²) in [4.78, 5) is 30.2. The van der Waals surface area contributed by atoms with Gasteiger partial charge in [-0.3, -0.25) is 9.63 Å². The number of alkyl carbamates (subject to hydrolysis) is 1. The van der Waals surface area contributed by atoms with E-state index in [1.807, 2.05) is 13.8 Å². The van der Waals surface area contributed by atoms with Crippen molar-refractivity contribution in [3.63, 3.8) is 0 Å². The van der Waals surface area contributed by atoms with Crippen LogP contribution in [0, 0.1) is 0 Å². The summed E-state index contributed by atoms with van der Waals surface area (Å²) < 4.78 is 16.9. The van der Waals surface area contributed by atoms with Crippen molar-refractivity contribution >= 4 is 12.0 Å². The molecule has 3 aliphatic rings. The van der Waals surface area contributed by atoms with Crippen LogP contribution in [0.15, 0.2) is 0 Å². The van der Waals surface area contributed by atoms with Crippen LogP contribution in [-0.4, -0.2) is 58.8 Å². The molecular formula is C16H26N2O6. The molecule has 3 rings (SSSR count). The first-order valence-corrected chi connectivity index (χ1v) is 8.32. The van der Waals surface area contributed by atoms with E-state index in [4.69, 9.17) is 19.0 Å². The fraction of sp³-hybridized carbons (Fsp3) is 0.875. The summed E-state index contributed by atoms with van der Waals surface area (Å²) in [5.41, 5.74) is -0.621. The standard InChI is InChI=1S/C16H26N2O6/c1-8(17-14(20)23-15(2,3)4)13(19)18-9-7-10(24-18)12-11(9)21-16(5,6)22-12/h8-12H,7H2,1-6H3,(H,17,20)/t8-,9-,10+,11+,12-/m1/s1. The fourth-order valence-electron chi connectivity index (χ4n) is 3.42. The molecule has 8 nitrogen and oxygen atoms in total. The summed E-state index contributed by atoms with van der Waals surface area (Å²) in [6.45, 7) is 10.6. The Labute approximate surface area is 141 Å². The molecule has 0 radical (unpaired) electrons. The van der Waals surface area contributed by atoms with Gasteiger partial charge < -0.3 is 19.5 Å². The Morgan fingerprint density at radius 1 is 1.25 bits per heavy atom. The SMILES string of the molecule is C[C@@H](NC(=O)OC(C)(C)C)C(=O)N1O[C@H]2C[C@@H]1[C@@H]1OC(C)(C)O[C@@H]12. The number of fused-ring (bicyclic) bond motifs is 5. The molecule has 5 atom stereocenters. The molecule has 2 heterocycles. The summed E-state index contributed by atoms with van der Waals surface area (Å²) in [6, 6.07) is -0.954. The molecule has 1 saturated carbocycles. The van der Waals surface area contributed by atoms with Crippen molar-refractivity contribution in [3.8, 4) is 0 Å². The van der Waals surface area contributed by atoms with Crippen molar-refractivity contribution in [2.75, 3.05) is 0 Å². The zero-order valence-electron chi connectivity index (χ0n) is 15.0. The van der Waals surface area contributed by atoms with E-state index in [9.17, 15) is 9.59 Å². The van der Waals surface area contributed by atoms with Gasteiger partial charge in [-0.1, -0.05) is 0 Å². The molecular weight excluding hydrogens is 316 g/mol. The molecule has 2 amide bonds. The molecule has 0 aromatic carbocycles. The first-order valence-electron chi connectivity index (χ1n) is 8.32. The number of hydrogen-bond acceptors (Lipinski definition) is 6. The van der Waals surface area contributed by atoms with Crippen LogP contribution in [0.1, 0.15) is 48.0 Å². The largest absolute Gasteiger partial charge is 0.444 e. The van der Waals surface area contributed by atoms with E-state index in [2.05, 4.69) is 5.32 Å². The average Bonchev–Trinajstić information content (AvgIpc) is 3.03. The van der Waals surface area contributed by atoms with Crippen LogP contribution < -0.4 is 5.32 Å². The number of carbonyl (C=O) groups is 2. The van der Waals surface area contributed by atoms with Crippen LogP contribution in [0.2, 0.25) is 0 Å². The van der Waals surface area contributed by atoms with Crippen molar-refractivity contribution in [3.05, 3.63) is 0 Å². The molecule has 0 unspecified atom stereocenters. The maximum atomic E-state index is 12.6. The lowest BCUT2D eigenvalue weighted by Gasteiger charge is -2.33. The first kappa shape index (κ1) is 17.4. The Hall–Kier alpha value is -1.38. The Morgan fingerprint density at radius 3 is 2.50 bits per heavy atom. The minimum Gasteiger partial charge on any atom is -0.444 e. The third-order valence-corrected chi connectivity index (χ3v) is 4.25. The van der Waals surface area contributed by atoms with Crippen LogP contribution in [0.3, 0.4) is 0 Å². The van der Waals surface area contributed by atoms with E-state index in [1.165, 1.54) is 5.06 Å². The molecule has 2 saturated heterocycles. The molecule has 0 spiro atoms. The van der Waals surface area contributed by atoms with Crippen LogP contribution in [0.25, 0.3) is 0 Å². The molecule has 0 aromatic heterocycles. The van der Waals surface area contributed by atoms with Gasteiger partial charge in [0, 0.05) is 6.42 Å². The smallest absolute Gasteiger partial charge is 0.408 e. The van der Waals surface area contributed by atoms with Crippen LogP contribution in [0.5, 0.6) is 0 Å². The highest BCUT2D eigenvalue weighted by molar-refractivity contribution is 5.85. The number of hydrogen-bond donors (Lipinski definition) is 1. The molecule has 8 heteroatoms. The molecule has 1 aliphatic carbocycles. The van der Waals surface area contributed by atoms with E-state index in [0.29, 0.717) is 6.42 Å². The zero-order valence-corrected chi connectivity index (χ0v) is 15.0. The lowest BCUT2D eigenvalue weighted by atomic mass is 10.1. The highest BCUT2D eigenvalue weighted by Gasteiger charge is 2.62. The van der Waals surface area contributed by atoms with Gasteiger partial charge in [0.2, 0.25) is 0 Å². The molecule has 3 fully saturated rings. The van der Waals surface area contributed by atoms with Crippen LogP contribution in [-0.2, 0) is 23.8 Å². The number of carbonyl (C=O) groups excluding carboxylic acids is 2. The summed E-state index contributed by atoms with van der Waals surface area (Å²) >= 11 is 0. The van der Waals surface area contributed by atoms with Crippen LogP contribution in [0.4, 0.5) is 4.79 Å². The van der Waals surface area contributed by atoms with Gasteiger partial charge in [-0.2, -0.15) is 0 Å². The predicted molar refractivity (Wildman–Crippen MR) is 82.8 cm³/mol. The Bertz CT molecular complexity index is 543. The Balaban J connectivity index is 1.60. The van der Waals surface area contributed by atoms with Crippen molar-refractivity contribution in [1.29, 1.82) is 0 Å². The summed E-state index contributed by atoms with van der Waals surface area (Å²) in [5.74, 6) is -0.991. The third-order valence-electron chi connectivity index (χ3n) is 4.25. The molecule has 24 heavy (non-hydrogen) atoms. The second-order valence-electron chi connectivity index (χ2n) is 8.04. The van der Waals surface area contributed by atoms with Gasteiger partial charge >= 0.3 is 6.09 Å². The average molecular weight is 342 g/mol. The van der Waals surface area contributed by atoms with Gasteiger partial charge in [-0.15, -0.1) is 0 Å². The number of nitrogens with one attached hydrogen (secondary N) is 1. The maximum Gasteiger partial charge on any atom is 0.408 e. The second-order valence-corrected chi connectivity index (χ2v) is 8.04. The van der Waals surface area contributed by atoms with E-state index < -0.39 is 23.5 Å². The van der Waals surface area contributed by atoms with Crippen molar-refractivity contribution in [1.82, 2.24) is 10.4 Å². The lowest BCUT2D eigenvalue weighted by molar-refractivity contribution is -0.224. The van der Waals surface area contributed by atoms with Gasteiger partial charge in [0.1, 0.15) is 30.0 Å². The minimum absolute atomic E-state index is 0.150. The maximum absolute atomic E-state index is 12.6. The monoisotopic (exact) mass is 342 g/mol. The van der Waals surface area contributed by atoms with Gasteiger partial charge in [0.05, 0.1) is 6.04 Å². The molecule has 0 aromatic rings. The van der Waals surface area contributed by atoms with Gasteiger partial charge in [0.25, 0.3) is 5.91 Å². The van der Waals surface area contributed by atoms with Gasteiger partial charge in [-0.25, -0.2) is 9.86 Å². The normalized spacial score (nSPS) is 34.8. The quantitative estimate of drug-likeness (QED) is 0.815. The van der Waals surface area contributed by atoms with Crippen molar-refractivity contribution in [2.45, 2.75) is 89.7 Å². The topological polar surface area (TPSA) is 86.3 Å². The number of nitrogens with zero attached hydrogens (tertiary/aromatic N) is 1. The van der Waals surface area contributed by atoms with Crippen LogP contribution >= 0.6 is 0 Å². The van der Waals surface area contributed by atoms with Crippen molar-refractivity contribution in [2.24, 2.45) is 0 Å². The number of ether oxygens (including phenoxy) is 3. The molecule has 2 bridgehead atoms. The van der Waals surface area contributed by atoms with Gasteiger partial charge in [-0.05, 0) is 41.5 Å². The third kappa shape index (κ3) is 3.22. The van der Waals surface area contributed by atoms with E-state index in [1.54, 1.807) is 27.7 Å². The highest BCUT2D eigenvalue weighted by Crippen LogP contribution is 2.46. The minimum atomic E-state index is -0.756. The number of rotatable bonds is 2. The summed E-state index contributed by atoms with van der Waals surface area (Å²) in [5, 5.41) is 3.88. The van der Waals surface area contributed by atoms with E-state index in [0.717, 1.165) is 0 Å². The molecule has 2 aliphatic heterocycles. The summed E-state index contributed by atoms with van der Waals surface area (Å²) in [6.07, 6.45) is -0.498. The van der Waals surface area contributed by atoms with Crippen molar-refractivity contribution < 1.29 is 28.6 Å². The second kappa shape index (κ2) is 5.57.